The van der Waals surface area contributed by atoms with Crippen LogP contribution in [0.25, 0.3) is 10.9 Å². The van der Waals surface area contributed by atoms with Crippen molar-refractivity contribution in [3.8, 4) is 0 Å². The van der Waals surface area contributed by atoms with E-state index >= 15 is 0 Å². The first-order valence-corrected chi connectivity index (χ1v) is 7.96. The smallest absolute Gasteiger partial charge is 0.320 e. The molecular formula is C17H10F3IN2O. The fourth-order valence-corrected chi connectivity index (χ4v) is 2.86. The third kappa shape index (κ3) is 3.35. The summed E-state index contributed by atoms with van der Waals surface area (Å²) >= 11 is 2.17. The van der Waals surface area contributed by atoms with Crippen LogP contribution in [0.1, 0.15) is 15.9 Å². The second-order valence-corrected chi connectivity index (χ2v) is 6.19. The van der Waals surface area contributed by atoms with Gasteiger partial charge in [0.15, 0.2) is 0 Å². The van der Waals surface area contributed by atoms with Crippen molar-refractivity contribution in [2.75, 3.05) is 5.32 Å². The second-order valence-electron chi connectivity index (χ2n) is 5.02. The Bertz CT molecular complexity index is 908. The van der Waals surface area contributed by atoms with Crippen LogP contribution in [0, 0.1) is 3.57 Å². The van der Waals surface area contributed by atoms with E-state index in [0.717, 1.165) is 33.2 Å². The molecular weight excluding hydrogens is 432 g/mol. The standard InChI is InChI=1S/C17H10F3IN2O/c18-17(19,20)11-5-3-10(4-6-11)16(24)23-14-8-7-13(21)12-2-1-9-22-15(12)14/h1-9H,(H,23,24). The van der Waals surface area contributed by atoms with Gasteiger partial charge in [-0.15, -0.1) is 0 Å². The van der Waals surface area contributed by atoms with Gasteiger partial charge in [-0.25, -0.2) is 0 Å². The maximum atomic E-state index is 12.6. The minimum atomic E-state index is -4.43. The number of pyridine rings is 1. The Kier molecular flexibility index (Phi) is 4.44. The van der Waals surface area contributed by atoms with Crippen molar-refractivity contribution in [2.45, 2.75) is 6.18 Å². The zero-order valence-corrected chi connectivity index (χ0v) is 14.2. The lowest BCUT2D eigenvalue weighted by Gasteiger charge is -2.10. The highest BCUT2D eigenvalue weighted by Crippen LogP contribution is 2.29. The Labute approximate surface area is 149 Å². The summed E-state index contributed by atoms with van der Waals surface area (Å²) in [6.07, 6.45) is -2.81. The summed E-state index contributed by atoms with van der Waals surface area (Å²) in [5.74, 6) is -0.489. The highest BCUT2D eigenvalue weighted by atomic mass is 127. The number of nitrogens with zero attached hydrogens (tertiary/aromatic N) is 1. The van der Waals surface area contributed by atoms with E-state index in [4.69, 9.17) is 0 Å². The molecule has 0 fully saturated rings. The fraction of sp³-hybridized carbons (Fsp3) is 0.0588. The van der Waals surface area contributed by atoms with E-state index in [2.05, 4.69) is 32.9 Å². The molecule has 2 aromatic carbocycles. The lowest BCUT2D eigenvalue weighted by atomic mass is 10.1. The highest BCUT2D eigenvalue weighted by molar-refractivity contribution is 14.1. The molecule has 0 bridgehead atoms. The van der Waals surface area contributed by atoms with Crippen LogP contribution >= 0.6 is 22.6 Å². The van der Waals surface area contributed by atoms with E-state index in [1.165, 1.54) is 0 Å². The van der Waals surface area contributed by atoms with Crippen LogP contribution in [0.2, 0.25) is 0 Å². The number of rotatable bonds is 2. The van der Waals surface area contributed by atoms with Crippen molar-refractivity contribution in [3.63, 3.8) is 0 Å². The Morgan fingerprint density at radius 3 is 2.42 bits per heavy atom. The minimum absolute atomic E-state index is 0.144. The van der Waals surface area contributed by atoms with Crippen molar-refractivity contribution >= 4 is 45.1 Å². The average molecular weight is 442 g/mol. The van der Waals surface area contributed by atoms with Gasteiger partial charge in [0, 0.05) is 20.7 Å². The van der Waals surface area contributed by atoms with Crippen LogP contribution in [0.4, 0.5) is 18.9 Å². The number of hydrogen-bond donors (Lipinski definition) is 1. The quantitative estimate of drug-likeness (QED) is 0.561. The van der Waals surface area contributed by atoms with Crippen molar-refractivity contribution in [1.82, 2.24) is 4.98 Å². The molecule has 24 heavy (non-hydrogen) atoms. The van der Waals surface area contributed by atoms with Gasteiger partial charge in [-0.1, -0.05) is 6.07 Å². The van der Waals surface area contributed by atoms with Crippen LogP contribution in [0.15, 0.2) is 54.7 Å². The molecule has 0 saturated heterocycles. The van der Waals surface area contributed by atoms with Gasteiger partial charge >= 0.3 is 6.18 Å². The first kappa shape index (κ1) is 16.7. The number of fused-ring (bicyclic) bond motifs is 1. The molecule has 0 aliphatic carbocycles. The second kappa shape index (κ2) is 6.39. The van der Waals surface area contributed by atoms with Crippen LogP contribution < -0.4 is 5.32 Å². The average Bonchev–Trinajstić information content (AvgIpc) is 2.57. The molecule has 0 aliphatic rings. The van der Waals surface area contributed by atoms with Gasteiger partial charge in [0.05, 0.1) is 16.8 Å². The van der Waals surface area contributed by atoms with Crippen molar-refractivity contribution in [3.05, 3.63) is 69.4 Å². The Balaban J connectivity index is 1.89. The van der Waals surface area contributed by atoms with Crippen molar-refractivity contribution in [1.29, 1.82) is 0 Å². The van der Waals surface area contributed by atoms with E-state index < -0.39 is 17.6 Å². The molecule has 1 heterocycles. The molecule has 1 aromatic heterocycles. The number of alkyl halides is 3. The van der Waals surface area contributed by atoms with E-state index in [1.807, 2.05) is 12.1 Å². The molecule has 1 amide bonds. The number of halogens is 4. The van der Waals surface area contributed by atoms with Gasteiger partial charge in [-0.2, -0.15) is 13.2 Å². The van der Waals surface area contributed by atoms with Crippen LogP contribution in [-0.2, 0) is 6.18 Å². The van der Waals surface area contributed by atoms with E-state index in [9.17, 15) is 18.0 Å². The number of aromatic nitrogens is 1. The minimum Gasteiger partial charge on any atom is -0.320 e. The number of carbonyl (C=O) groups excluding carboxylic acids is 1. The molecule has 122 valence electrons. The molecule has 0 unspecified atom stereocenters. The number of hydrogen-bond acceptors (Lipinski definition) is 2. The molecule has 3 aromatic rings. The molecule has 1 N–H and O–H groups in total. The monoisotopic (exact) mass is 442 g/mol. The van der Waals surface area contributed by atoms with E-state index in [-0.39, 0.29) is 5.56 Å². The number of anilines is 1. The molecule has 3 rings (SSSR count). The summed E-state index contributed by atoms with van der Waals surface area (Å²) in [6.45, 7) is 0. The summed E-state index contributed by atoms with van der Waals surface area (Å²) in [5, 5.41) is 3.59. The summed E-state index contributed by atoms with van der Waals surface area (Å²) in [6, 6.07) is 11.3. The summed E-state index contributed by atoms with van der Waals surface area (Å²) in [7, 11) is 0. The number of benzene rings is 2. The normalized spacial score (nSPS) is 11.5. The first-order valence-electron chi connectivity index (χ1n) is 6.88. The van der Waals surface area contributed by atoms with E-state index in [0.29, 0.717) is 11.2 Å². The SMILES string of the molecule is O=C(Nc1ccc(I)c2cccnc12)c1ccc(C(F)(F)F)cc1. The van der Waals surface area contributed by atoms with Gasteiger partial charge in [0.1, 0.15) is 0 Å². The van der Waals surface area contributed by atoms with Crippen LogP contribution in [0.5, 0.6) is 0 Å². The number of nitrogens with one attached hydrogen (secondary N) is 1. The third-order valence-electron chi connectivity index (χ3n) is 3.44. The lowest BCUT2D eigenvalue weighted by molar-refractivity contribution is -0.137. The summed E-state index contributed by atoms with van der Waals surface area (Å²) in [4.78, 5) is 16.5. The van der Waals surface area contributed by atoms with Gasteiger partial charge in [-0.05, 0) is 65.1 Å². The number of carbonyl (C=O) groups is 1. The fourth-order valence-electron chi connectivity index (χ4n) is 2.24. The van der Waals surface area contributed by atoms with Gasteiger partial charge in [0.2, 0.25) is 0 Å². The molecule has 0 spiro atoms. The van der Waals surface area contributed by atoms with Gasteiger partial charge in [0.25, 0.3) is 5.91 Å². The number of amides is 1. The molecule has 0 radical (unpaired) electrons. The molecule has 7 heteroatoms. The van der Waals surface area contributed by atoms with Crippen molar-refractivity contribution in [2.24, 2.45) is 0 Å². The maximum Gasteiger partial charge on any atom is 0.416 e. The molecule has 0 aliphatic heterocycles. The Hall–Kier alpha value is -2.16. The molecule has 3 nitrogen and oxygen atoms in total. The predicted molar refractivity (Wildman–Crippen MR) is 93.9 cm³/mol. The van der Waals surface area contributed by atoms with Gasteiger partial charge in [-0.3, -0.25) is 9.78 Å². The summed E-state index contributed by atoms with van der Waals surface area (Å²) in [5.41, 5.74) is 0.492. The predicted octanol–water partition coefficient (Wildman–Crippen LogP) is 5.11. The van der Waals surface area contributed by atoms with Crippen molar-refractivity contribution < 1.29 is 18.0 Å². The van der Waals surface area contributed by atoms with Gasteiger partial charge < -0.3 is 5.32 Å². The van der Waals surface area contributed by atoms with Crippen LogP contribution in [-0.4, -0.2) is 10.9 Å². The highest BCUT2D eigenvalue weighted by Gasteiger charge is 2.30. The van der Waals surface area contributed by atoms with Crippen LogP contribution in [0.3, 0.4) is 0 Å². The zero-order chi connectivity index (χ0) is 17.3. The third-order valence-corrected chi connectivity index (χ3v) is 4.38. The summed E-state index contributed by atoms with van der Waals surface area (Å²) < 4.78 is 38.7. The Morgan fingerprint density at radius 2 is 1.75 bits per heavy atom. The molecule has 0 atom stereocenters. The maximum absolute atomic E-state index is 12.6. The lowest BCUT2D eigenvalue weighted by Crippen LogP contribution is -2.13. The first-order chi connectivity index (χ1) is 11.4. The van der Waals surface area contributed by atoms with E-state index in [1.54, 1.807) is 18.3 Å². The molecule has 0 saturated carbocycles. The zero-order valence-electron chi connectivity index (χ0n) is 12.1. The topological polar surface area (TPSA) is 42.0 Å². The Morgan fingerprint density at radius 1 is 1.04 bits per heavy atom. The largest absolute Gasteiger partial charge is 0.416 e.